The number of carbonyl (C=O) groups is 1. The van der Waals surface area contributed by atoms with Crippen LogP contribution in [0.2, 0.25) is 5.02 Å². The highest BCUT2D eigenvalue weighted by atomic mass is 35.5. The number of hydrogen-bond donors (Lipinski definition) is 0. The first-order valence-corrected chi connectivity index (χ1v) is 9.69. The number of benzene rings is 2. The molecule has 28 heavy (non-hydrogen) atoms. The van der Waals surface area contributed by atoms with Gasteiger partial charge in [0.1, 0.15) is 17.9 Å². The third-order valence-corrected chi connectivity index (χ3v) is 4.98. The highest BCUT2D eigenvalue weighted by Gasteiger charge is 2.33. The van der Waals surface area contributed by atoms with E-state index in [1.165, 1.54) is 0 Å². The van der Waals surface area contributed by atoms with E-state index in [1.54, 1.807) is 29.2 Å². The quantitative estimate of drug-likeness (QED) is 0.756. The summed E-state index contributed by atoms with van der Waals surface area (Å²) >= 11 is 5.96. The fourth-order valence-corrected chi connectivity index (χ4v) is 3.30. The zero-order valence-electron chi connectivity index (χ0n) is 16.0. The van der Waals surface area contributed by atoms with Crippen molar-refractivity contribution in [2.75, 3.05) is 19.7 Å². The summed E-state index contributed by atoms with van der Waals surface area (Å²) in [4.78, 5) is 15.0. The smallest absolute Gasteiger partial charge is 0.264 e. The molecule has 0 aliphatic carbocycles. The first-order chi connectivity index (χ1) is 13.5. The molecule has 0 radical (unpaired) electrons. The van der Waals surface area contributed by atoms with E-state index in [1.807, 2.05) is 38.1 Å². The number of amides is 1. The van der Waals surface area contributed by atoms with Crippen LogP contribution in [-0.2, 0) is 9.53 Å². The Bertz CT molecular complexity index is 861. The predicted octanol–water partition coefficient (Wildman–Crippen LogP) is 4.22. The van der Waals surface area contributed by atoms with E-state index in [0.717, 1.165) is 5.56 Å². The Morgan fingerprint density at radius 1 is 1.25 bits per heavy atom. The Kier molecular flexibility index (Phi) is 6.56. The number of hydrogen-bond acceptors (Lipinski definition) is 4. The van der Waals surface area contributed by atoms with Gasteiger partial charge in [0.2, 0.25) is 0 Å². The summed E-state index contributed by atoms with van der Waals surface area (Å²) in [5, 5.41) is 9.95. The van der Waals surface area contributed by atoms with Gasteiger partial charge in [-0.1, -0.05) is 49.7 Å². The lowest BCUT2D eigenvalue weighted by atomic mass is 10.0. The van der Waals surface area contributed by atoms with Gasteiger partial charge in [-0.05, 0) is 35.7 Å². The molecule has 1 fully saturated rings. The van der Waals surface area contributed by atoms with Crippen LogP contribution in [0.4, 0.5) is 0 Å². The summed E-state index contributed by atoms with van der Waals surface area (Å²) in [7, 11) is 0. The van der Waals surface area contributed by atoms with Crippen molar-refractivity contribution in [3.8, 4) is 11.8 Å². The SMILES string of the molecule is CC(C)C(Oc1ccccc1C#N)C(=O)N1CCOC(c2ccc(Cl)cc2)C1. The van der Waals surface area contributed by atoms with Crippen LogP contribution in [0.1, 0.15) is 31.1 Å². The predicted molar refractivity (Wildman–Crippen MR) is 107 cm³/mol. The highest BCUT2D eigenvalue weighted by molar-refractivity contribution is 6.30. The van der Waals surface area contributed by atoms with Crippen molar-refractivity contribution < 1.29 is 14.3 Å². The van der Waals surface area contributed by atoms with Gasteiger partial charge < -0.3 is 14.4 Å². The summed E-state index contributed by atoms with van der Waals surface area (Å²) < 4.78 is 11.9. The third kappa shape index (κ3) is 4.64. The third-order valence-electron chi connectivity index (χ3n) is 4.73. The molecule has 1 aliphatic rings. The van der Waals surface area contributed by atoms with Crippen LogP contribution in [0.5, 0.6) is 5.75 Å². The van der Waals surface area contributed by atoms with Gasteiger partial charge >= 0.3 is 0 Å². The van der Waals surface area contributed by atoms with Crippen LogP contribution in [0.3, 0.4) is 0 Å². The van der Waals surface area contributed by atoms with Crippen molar-refractivity contribution in [2.45, 2.75) is 26.1 Å². The molecule has 2 atom stereocenters. The van der Waals surface area contributed by atoms with Crippen molar-refractivity contribution in [1.82, 2.24) is 4.90 Å². The number of nitrogens with zero attached hydrogens (tertiary/aromatic N) is 2. The maximum Gasteiger partial charge on any atom is 0.264 e. The minimum atomic E-state index is -0.668. The second-order valence-electron chi connectivity index (χ2n) is 7.09. The van der Waals surface area contributed by atoms with E-state index in [9.17, 15) is 10.1 Å². The minimum Gasteiger partial charge on any atom is -0.479 e. The van der Waals surface area contributed by atoms with E-state index in [-0.39, 0.29) is 17.9 Å². The second-order valence-corrected chi connectivity index (χ2v) is 7.52. The normalized spacial score (nSPS) is 17.8. The lowest BCUT2D eigenvalue weighted by Gasteiger charge is -2.36. The average molecular weight is 399 g/mol. The van der Waals surface area contributed by atoms with E-state index in [2.05, 4.69) is 6.07 Å². The Balaban J connectivity index is 1.75. The molecule has 1 aliphatic heterocycles. The van der Waals surface area contributed by atoms with Gasteiger partial charge in [0.05, 0.1) is 18.7 Å². The number of carbonyl (C=O) groups excluding carboxylic acids is 1. The number of nitriles is 1. The molecule has 2 unspecified atom stereocenters. The van der Waals surface area contributed by atoms with Crippen LogP contribution in [-0.4, -0.2) is 36.6 Å². The largest absolute Gasteiger partial charge is 0.479 e. The summed E-state index contributed by atoms with van der Waals surface area (Å²) in [5.74, 6) is 0.292. The van der Waals surface area contributed by atoms with Gasteiger partial charge in [0, 0.05) is 11.6 Å². The highest BCUT2D eigenvalue weighted by Crippen LogP contribution is 2.26. The zero-order chi connectivity index (χ0) is 20.1. The van der Waals surface area contributed by atoms with Crippen molar-refractivity contribution in [3.63, 3.8) is 0 Å². The molecule has 0 bridgehead atoms. The molecule has 1 heterocycles. The number of para-hydroxylation sites is 1. The second kappa shape index (κ2) is 9.09. The molecule has 146 valence electrons. The molecule has 0 aromatic heterocycles. The molecule has 0 saturated carbocycles. The van der Waals surface area contributed by atoms with E-state index >= 15 is 0 Å². The molecular weight excluding hydrogens is 376 g/mol. The first-order valence-electron chi connectivity index (χ1n) is 9.31. The lowest BCUT2D eigenvalue weighted by molar-refractivity contribution is -0.148. The standard InChI is InChI=1S/C22H23ClN2O3/c1-15(2)21(28-19-6-4-3-5-17(19)13-24)22(26)25-11-12-27-20(14-25)16-7-9-18(23)10-8-16/h3-10,15,20-21H,11-12,14H2,1-2H3. The van der Waals surface area contributed by atoms with Gasteiger partial charge in [-0.25, -0.2) is 0 Å². The lowest BCUT2D eigenvalue weighted by Crippen LogP contribution is -2.49. The first kappa shape index (κ1) is 20.2. The number of halogens is 1. The monoisotopic (exact) mass is 398 g/mol. The van der Waals surface area contributed by atoms with E-state index < -0.39 is 6.10 Å². The van der Waals surface area contributed by atoms with E-state index in [0.29, 0.717) is 36.0 Å². The molecule has 1 amide bonds. The zero-order valence-corrected chi connectivity index (χ0v) is 16.7. The Morgan fingerprint density at radius 2 is 1.96 bits per heavy atom. The van der Waals surface area contributed by atoms with Gasteiger partial charge in [-0.15, -0.1) is 0 Å². The Morgan fingerprint density at radius 3 is 2.64 bits per heavy atom. The molecule has 2 aromatic rings. The number of rotatable bonds is 5. The average Bonchev–Trinajstić information content (AvgIpc) is 2.72. The van der Waals surface area contributed by atoms with Crippen LogP contribution >= 0.6 is 11.6 Å². The summed E-state index contributed by atoms with van der Waals surface area (Å²) in [5.41, 5.74) is 1.40. The van der Waals surface area contributed by atoms with Crippen molar-refractivity contribution in [1.29, 1.82) is 5.26 Å². The maximum absolute atomic E-state index is 13.2. The molecule has 1 saturated heterocycles. The van der Waals surface area contributed by atoms with Crippen LogP contribution in [0.15, 0.2) is 48.5 Å². The molecule has 5 nitrogen and oxygen atoms in total. The van der Waals surface area contributed by atoms with Gasteiger partial charge in [-0.2, -0.15) is 5.26 Å². The summed E-state index contributed by atoms with van der Waals surface area (Å²) in [6, 6.07) is 16.6. The van der Waals surface area contributed by atoms with Crippen molar-refractivity contribution in [2.24, 2.45) is 5.92 Å². The van der Waals surface area contributed by atoms with Gasteiger partial charge in [0.25, 0.3) is 5.91 Å². The van der Waals surface area contributed by atoms with Crippen LogP contribution < -0.4 is 4.74 Å². The molecule has 2 aromatic carbocycles. The van der Waals surface area contributed by atoms with Crippen LogP contribution in [0.25, 0.3) is 0 Å². The van der Waals surface area contributed by atoms with Gasteiger partial charge in [-0.3, -0.25) is 4.79 Å². The van der Waals surface area contributed by atoms with Gasteiger partial charge in [0.15, 0.2) is 6.10 Å². The number of ether oxygens (including phenoxy) is 2. The summed E-state index contributed by atoms with van der Waals surface area (Å²) in [6.45, 7) is 5.30. The Hall–Kier alpha value is -2.55. The maximum atomic E-state index is 13.2. The molecular formula is C22H23ClN2O3. The fourth-order valence-electron chi connectivity index (χ4n) is 3.18. The Labute approximate surface area is 170 Å². The summed E-state index contributed by atoms with van der Waals surface area (Å²) in [6.07, 6.45) is -0.868. The molecule has 0 N–H and O–H groups in total. The van der Waals surface area contributed by atoms with Crippen LogP contribution in [0, 0.1) is 17.2 Å². The molecule has 0 spiro atoms. The topological polar surface area (TPSA) is 62.6 Å². The molecule has 6 heteroatoms. The minimum absolute atomic E-state index is 0.0453. The van der Waals surface area contributed by atoms with E-state index in [4.69, 9.17) is 21.1 Å². The fraction of sp³-hybridized carbons (Fsp3) is 0.364. The number of morpholine rings is 1. The van der Waals surface area contributed by atoms with Crippen molar-refractivity contribution >= 4 is 17.5 Å². The van der Waals surface area contributed by atoms with Crippen molar-refractivity contribution in [3.05, 3.63) is 64.7 Å². The molecule has 3 rings (SSSR count).